The first-order chi connectivity index (χ1) is 5.27. The Morgan fingerprint density at radius 3 is 1.92 bits per heavy atom. The molecule has 0 nitrogen and oxygen atoms in total. The monoisotopic (exact) mass is 166 g/mol. The van der Waals surface area contributed by atoms with Gasteiger partial charge in [0, 0.05) is 5.41 Å². The number of hydrogen-bond acceptors (Lipinski definition) is 0. The van der Waals surface area contributed by atoms with Crippen LogP contribution in [-0.4, -0.2) is 0 Å². The summed E-state index contributed by atoms with van der Waals surface area (Å²) < 4.78 is 0. The van der Waals surface area contributed by atoms with Crippen LogP contribution < -0.4 is 0 Å². The molecule has 0 fully saturated rings. The van der Waals surface area contributed by atoms with Gasteiger partial charge in [-0.2, -0.15) is 0 Å². The third-order valence-electron chi connectivity index (χ3n) is 1.80. The highest BCUT2D eigenvalue weighted by atomic mass is 14.1. The maximum absolute atomic E-state index is 3.80. The molecule has 0 unspecified atom stereocenters. The molecule has 70 valence electrons. The topological polar surface area (TPSA) is 0 Å². The summed E-state index contributed by atoms with van der Waals surface area (Å²) in [6, 6.07) is 0. The van der Waals surface area contributed by atoms with Crippen molar-refractivity contribution in [2.75, 3.05) is 0 Å². The van der Waals surface area contributed by atoms with Gasteiger partial charge < -0.3 is 0 Å². The van der Waals surface area contributed by atoms with Crippen LogP contribution in [0.3, 0.4) is 0 Å². The standard InChI is InChI=1S/C12H22/c1-7-12(5,6)10-8-9-11(2,3)4/h7-8,10H,1,9H2,2-6H3. The predicted molar refractivity (Wildman–Crippen MR) is 57.2 cm³/mol. The molecule has 0 bridgehead atoms. The molecule has 0 aromatic carbocycles. The van der Waals surface area contributed by atoms with Gasteiger partial charge in [0.25, 0.3) is 0 Å². The van der Waals surface area contributed by atoms with Gasteiger partial charge in [-0.1, -0.05) is 52.8 Å². The summed E-state index contributed by atoms with van der Waals surface area (Å²) in [6.45, 7) is 14.9. The first-order valence-corrected chi connectivity index (χ1v) is 4.58. The summed E-state index contributed by atoms with van der Waals surface area (Å²) in [5, 5.41) is 0. The Balaban J connectivity index is 4.01. The fourth-order valence-electron chi connectivity index (χ4n) is 0.784. The van der Waals surface area contributed by atoms with Gasteiger partial charge in [-0.05, 0) is 11.8 Å². The second kappa shape index (κ2) is 3.93. The minimum atomic E-state index is 0.144. The summed E-state index contributed by atoms with van der Waals surface area (Å²) in [5.41, 5.74) is 0.541. The SMILES string of the molecule is C=CC(C)(C)C=CCC(C)(C)C. The van der Waals surface area contributed by atoms with Crippen LogP contribution >= 0.6 is 0 Å². The van der Waals surface area contributed by atoms with Crippen molar-refractivity contribution in [2.24, 2.45) is 10.8 Å². The highest BCUT2D eigenvalue weighted by Crippen LogP contribution is 2.23. The lowest BCUT2D eigenvalue weighted by Gasteiger charge is -2.17. The van der Waals surface area contributed by atoms with Gasteiger partial charge in [-0.25, -0.2) is 0 Å². The molecule has 0 spiro atoms. The molecule has 0 aromatic rings. The van der Waals surface area contributed by atoms with Crippen LogP contribution in [0, 0.1) is 10.8 Å². The molecule has 0 saturated carbocycles. The van der Waals surface area contributed by atoms with E-state index in [1.807, 2.05) is 6.08 Å². The van der Waals surface area contributed by atoms with Crippen molar-refractivity contribution in [3.8, 4) is 0 Å². The summed E-state index contributed by atoms with van der Waals surface area (Å²) in [7, 11) is 0. The van der Waals surface area contributed by atoms with Gasteiger partial charge in [0.1, 0.15) is 0 Å². The van der Waals surface area contributed by atoms with E-state index in [-0.39, 0.29) is 5.41 Å². The van der Waals surface area contributed by atoms with E-state index in [1.165, 1.54) is 0 Å². The molecule has 0 aromatic heterocycles. The zero-order valence-electron chi connectivity index (χ0n) is 9.15. The smallest absolute Gasteiger partial charge is 0.000173 e. The van der Waals surface area contributed by atoms with Crippen molar-refractivity contribution in [1.82, 2.24) is 0 Å². The molecule has 0 aliphatic rings. The highest BCUT2D eigenvalue weighted by Gasteiger charge is 2.10. The third-order valence-corrected chi connectivity index (χ3v) is 1.80. The molecule has 0 atom stereocenters. The molecule has 0 aliphatic heterocycles. The fourth-order valence-corrected chi connectivity index (χ4v) is 0.784. The number of hydrogen-bond donors (Lipinski definition) is 0. The Kier molecular flexibility index (Phi) is 3.76. The van der Waals surface area contributed by atoms with Gasteiger partial charge in [-0.3, -0.25) is 0 Å². The van der Waals surface area contributed by atoms with E-state index in [2.05, 4.69) is 53.3 Å². The van der Waals surface area contributed by atoms with Crippen molar-refractivity contribution < 1.29 is 0 Å². The Labute approximate surface area is 77.4 Å². The van der Waals surface area contributed by atoms with Crippen LogP contribution in [0.2, 0.25) is 0 Å². The minimum absolute atomic E-state index is 0.144. The van der Waals surface area contributed by atoms with E-state index < -0.39 is 0 Å². The van der Waals surface area contributed by atoms with E-state index in [0.717, 1.165) is 6.42 Å². The Morgan fingerprint density at radius 2 is 1.58 bits per heavy atom. The van der Waals surface area contributed by atoms with Crippen molar-refractivity contribution in [2.45, 2.75) is 41.0 Å². The fraction of sp³-hybridized carbons (Fsp3) is 0.667. The van der Waals surface area contributed by atoms with Gasteiger partial charge in [0.05, 0.1) is 0 Å². The first-order valence-electron chi connectivity index (χ1n) is 4.58. The number of allylic oxidation sites excluding steroid dienone is 3. The Bertz CT molecular complexity index is 165. The van der Waals surface area contributed by atoms with Crippen molar-refractivity contribution in [3.63, 3.8) is 0 Å². The van der Waals surface area contributed by atoms with Crippen molar-refractivity contribution in [3.05, 3.63) is 24.8 Å². The normalized spacial score (nSPS) is 13.8. The summed E-state index contributed by atoms with van der Waals surface area (Å²) in [5.74, 6) is 0. The van der Waals surface area contributed by atoms with Crippen LogP contribution in [0.4, 0.5) is 0 Å². The van der Waals surface area contributed by atoms with E-state index in [9.17, 15) is 0 Å². The molecule has 0 aliphatic carbocycles. The molecular formula is C12H22. The first kappa shape index (κ1) is 11.5. The largest absolute Gasteiger partial charge is 0.102 e. The highest BCUT2D eigenvalue weighted by molar-refractivity contribution is 5.04. The summed E-state index contributed by atoms with van der Waals surface area (Å²) in [6.07, 6.45) is 7.59. The zero-order valence-corrected chi connectivity index (χ0v) is 9.15. The minimum Gasteiger partial charge on any atom is -0.102 e. The zero-order chi connectivity index (χ0) is 9.83. The van der Waals surface area contributed by atoms with Crippen LogP contribution in [0.5, 0.6) is 0 Å². The van der Waals surface area contributed by atoms with Crippen LogP contribution in [0.1, 0.15) is 41.0 Å². The molecule has 12 heavy (non-hydrogen) atoms. The molecule has 0 rings (SSSR count). The van der Waals surface area contributed by atoms with Gasteiger partial charge in [0.15, 0.2) is 0 Å². The quantitative estimate of drug-likeness (QED) is 0.551. The third kappa shape index (κ3) is 6.21. The van der Waals surface area contributed by atoms with Crippen molar-refractivity contribution >= 4 is 0 Å². The molecule has 0 radical (unpaired) electrons. The van der Waals surface area contributed by atoms with Gasteiger partial charge in [0.2, 0.25) is 0 Å². The molecule has 0 heteroatoms. The lowest BCUT2D eigenvalue weighted by Crippen LogP contribution is -2.05. The lowest BCUT2D eigenvalue weighted by atomic mass is 9.88. The molecule has 0 saturated heterocycles. The van der Waals surface area contributed by atoms with E-state index in [0.29, 0.717) is 5.41 Å². The molecular weight excluding hydrogens is 144 g/mol. The van der Waals surface area contributed by atoms with Crippen LogP contribution in [0.15, 0.2) is 24.8 Å². The Hall–Kier alpha value is -0.520. The average molecular weight is 166 g/mol. The second-order valence-corrected chi connectivity index (χ2v) is 5.19. The Morgan fingerprint density at radius 1 is 1.08 bits per heavy atom. The van der Waals surface area contributed by atoms with Gasteiger partial charge in [-0.15, -0.1) is 6.58 Å². The van der Waals surface area contributed by atoms with Gasteiger partial charge >= 0.3 is 0 Å². The van der Waals surface area contributed by atoms with Crippen LogP contribution in [-0.2, 0) is 0 Å². The van der Waals surface area contributed by atoms with E-state index >= 15 is 0 Å². The molecule has 0 heterocycles. The lowest BCUT2D eigenvalue weighted by molar-refractivity contribution is 0.418. The van der Waals surface area contributed by atoms with Crippen molar-refractivity contribution in [1.29, 1.82) is 0 Å². The van der Waals surface area contributed by atoms with E-state index in [4.69, 9.17) is 0 Å². The second-order valence-electron chi connectivity index (χ2n) is 5.19. The molecule has 0 amide bonds. The summed E-state index contributed by atoms with van der Waals surface area (Å²) >= 11 is 0. The molecule has 0 N–H and O–H groups in total. The van der Waals surface area contributed by atoms with Crippen LogP contribution in [0.25, 0.3) is 0 Å². The summed E-state index contributed by atoms with van der Waals surface area (Å²) in [4.78, 5) is 0. The van der Waals surface area contributed by atoms with E-state index in [1.54, 1.807) is 0 Å². The average Bonchev–Trinajstić information content (AvgIpc) is 1.84. The number of rotatable bonds is 3. The maximum Gasteiger partial charge on any atom is 0.000173 e. The maximum atomic E-state index is 3.80. The predicted octanol–water partition coefficient (Wildman–Crippen LogP) is 4.19.